The largest absolute Gasteiger partial charge is 0.456 e. The van der Waals surface area contributed by atoms with E-state index in [1.54, 1.807) is 0 Å². The first-order valence-corrected chi connectivity index (χ1v) is 20.4. The summed E-state index contributed by atoms with van der Waals surface area (Å²) in [6.45, 7) is 4.63. The average molecular weight is 772 g/mol. The van der Waals surface area contributed by atoms with E-state index in [2.05, 4.69) is 175 Å². The van der Waals surface area contributed by atoms with Crippen LogP contribution < -0.4 is 4.90 Å². The summed E-state index contributed by atoms with van der Waals surface area (Å²) in [4.78, 5) is 18.2. The molecular formula is C54H37N5O. The van der Waals surface area contributed by atoms with Gasteiger partial charge in [-0.1, -0.05) is 135 Å². The fraction of sp³-hybridized carbons (Fsp3) is 0.0556. The number of aromatic nitrogens is 4. The number of anilines is 3. The molecule has 60 heavy (non-hydrogen) atoms. The first-order valence-electron chi connectivity index (χ1n) is 20.4. The molecule has 0 saturated carbocycles. The van der Waals surface area contributed by atoms with Gasteiger partial charge in [0.2, 0.25) is 5.95 Å². The second-order valence-corrected chi connectivity index (χ2v) is 16.1. The van der Waals surface area contributed by atoms with E-state index < -0.39 is 0 Å². The van der Waals surface area contributed by atoms with E-state index in [-0.39, 0.29) is 5.41 Å². The Hall–Kier alpha value is -7.83. The summed E-state index contributed by atoms with van der Waals surface area (Å²) in [6, 6.07) is 65.9. The van der Waals surface area contributed by atoms with Crippen LogP contribution >= 0.6 is 0 Å². The minimum atomic E-state index is -0.213. The second-order valence-electron chi connectivity index (χ2n) is 16.1. The quantitative estimate of drug-likeness (QED) is 0.168. The van der Waals surface area contributed by atoms with Crippen LogP contribution in [-0.4, -0.2) is 19.5 Å². The monoisotopic (exact) mass is 771 g/mol. The van der Waals surface area contributed by atoms with Gasteiger partial charge in [-0.2, -0.15) is 9.97 Å². The molecular weight excluding hydrogens is 735 g/mol. The first-order chi connectivity index (χ1) is 29.5. The molecule has 11 aromatic rings. The fourth-order valence-electron chi connectivity index (χ4n) is 9.41. The number of hydrogen-bond acceptors (Lipinski definition) is 5. The summed E-state index contributed by atoms with van der Waals surface area (Å²) in [6.07, 6.45) is 0. The number of hydrogen-bond donors (Lipinski definition) is 0. The van der Waals surface area contributed by atoms with Crippen molar-refractivity contribution in [2.24, 2.45) is 0 Å². The van der Waals surface area contributed by atoms with Crippen molar-refractivity contribution in [3.8, 4) is 39.6 Å². The summed E-state index contributed by atoms with van der Waals surface area (Å²) >= 11 is 0. The molecule has 6 nitrogen and oxygen atoms in total. The van der Waals surface area contributed by atoms with E-state index in [0.717, 1.165) is 71.9 Å². The zero-order valence-corrected chi connectivity index (χ0v) is 33.0. The number of fused-ring (bicyclic) bond motifs is 9. The molecule has 0 fully saturated rings. The van der Waals surface area contributed by atoms with E-state index in [0.29, 0.717) is 17.6 Å². The molecule has 8 aromatic carbocycles. The normalized spacial score (nSPS) is 13.0. The molecule has 0 saturated heterocycles. The Balaban J connectivity index is 1.13. The van der Waals surface area contributed by atoms with E-state index in [4.69, 9.17) is 19.4 Å². The lowest BCUT2D eigenvalue weighted by Gasteiger charge is -2.27. The summed E-state index contributed by atoms with van der Waals surface area (Å²) in [5.74, 6) is 1.68. The lowest BCUT2D eigenvalue weighted by molar-refractivity contribution is 0.660. The fourth-order valence-corrected chi connectivity index (χ4v) is 9.41. The minimum absolute atomic E-state index is 0.213. The zero-order valence-electron chi connectivity index (χ0n) is 33.0. The number of benzene rings is 8. The van der Waals surface area contributed by atoms with Crippen LogP contribution in [0.5, 0.6) is 0 Å². The van der Waals surface area contributed by atoms with Gasteiger partial charge in [0, 0.05) is 44.1 Å². The molecule has 12 rings (SSSR count). The van der Waals surface area contributed by atoms with Gasteiger partial charge in [0.05, 0.1) is 22.1 Å². The third kappa shape index (κ3) is 5.17. The minimum Gasteiger partial charge on any atom is -0.456 e. The van der Waals surface area contributed by atoms with Crippen LogP contribution in [0.15, 0.2) is 192 Å². The average Bonchev–Trinajstić information content (AvgIpc) is 3.92. The van der Waals surface area contributed by atoms with Crippen LogP contribution in [0.4, 0.5) is 17.3 Å². The molecule has 0 N–H and O–H groups in total. The summed E-state index contributed by atoms with van der Waals surface area (Å²) in [5, 5.41) is 4.31. The molecule has 3 aromatic heterocycles. The third-order valence-corrected chi connectivity index (χ3v) is 12.2. The van der Waals surface area contributed by atoms with Gasteiger partial charge >= 0.3 is 0 Å². The van der Waals surface area contributed by atoms with Crippen molar-refractivity contribution in [1.29, 1.82) is 0 Å². The number of rotatable bonds is 6. The van der Waals surface area contributed by atoms with Crippen molar-refractivity contribution in [2.75, 3.05) is 4.90 Å². The summed E-state index contributed by atoms with van der Waals surface area (Å²) in [5.41, 5.74) is 13.6. The molecule has 0 bridgehead atoms. The number of nitrogens with zero attached hydrogens (tertiary/aromatic N) is 5. The third-order valence-electron chi connectivity index (χ3n) is 12.2. The lowest BCUT2D eigenvalue weighted by Crippen LogP contribution is -2.18. The van der Waals surface area contributed by atoms with Gasteiger partial charge in [0.25, 0.3) is 0 Å². The summed E-state index contributed by atoms with van der Waals surface area (Å²) < 4.78 is 8.81. The highest BCUT2D eigenvalue weighted by Gasteiger charge is 2.36. The van der Waals surface area contributed by atoms with Gasteiger partial charge in [-0.3, -0.25) is 4.90 Å². The molecule has 0 radical (unpaired) electrons. The van der Waals surface area contributed by atoms with Crippen molar-refractivity contribution >= 4 is 61.1 Å². The standard InChI is InChI=1S/C54H37N5O/c1-54(2)43-23-12-9-20-38(43)39-30-29-37(33-44(39)54)59(47-25-15-27-49-50(47)41-22-11-14-26-48(41)60-49)53-56-51(34-16-5-3-6-17-34)55-52(57-53)35-28-31-46-42(32-35)40-21-10-13-24-45(40)58(46)36-18-7-4-8-19-36/h3-33H,1-2H3. The molecule has 0 atom stereocenters. The predicted molar refractivity (Wildman–Crippen MR) is 245 cm³/mol. The van der Waals surface area contributed by atoms with Crippen LogP contribution in [0.25, 0.3) is 83.3 Å². The second kappa shape index (κ2) is 13.1. The van der Waals surface area contributed by atoms with E-state index in [1.807, 2.05) is 36.4 Å². The first kappa shape index (κ1) is 34.2. The Morgan fingerprint density at radius 3 is 2.00 bits per heavy atom. The van der Waals surface area contributed by atoms with Crippen molar-refractivity contribution in [3.05, 3.63) is 199 Å². The molecule has 1 aliphatic rings. The molecule has 3 heterocycles. The topological polar surface area (TPSA) is 60.0 Å². The van der Waals surface area contributed by atoms with E-state index in [1.165, 1.54) is 22.3 Å². The highest BCUT2D eigenvalue weighted by molar-refractivity contribution is 6.13. The highest BCUT2D eigenvalue weighted by Crippen LogP contribution is 2.51. The Bertz CT molecular complexity index is 3470. The van der Waals surface area contributed by atoms with Gasteiger partial charge in [-0.25, -0.2) is 4.98 Å². The van der Waals surface area contributed by atoms with Crippen molar-refractivity contribution in [3.63, 3.8) is 0 Å². The smallest absolute Gasteiger partial charge is 0.238 e. The number of para-hydroxylation sites is 3. The van der Waals surface area contributed by atoms with Gasteiger partial charge < -0.3 is 8.98 Å². The maximum absolute atomic E-state index is 6.48. The maximum atomic E-state index is 6.48. The van der Waals surface area contributed by atoms with Gasteiger partial charge in [0.15, 0.2) is 11.6 Å². The molecule has 6 heteroatoms. The van der Waals surface area contributed by atoms with Crippen LogP contribution in [0.2, 0.25) is 0 Å². The molecule has 0 spiro atoms. The van der Waals surface area contributed by atoms with Gasteiger partial charge in [0.1, 0.15) is 11.2 Å². The van der Waals surface area contributed by atoms with E-state index >= 15 is 0 Å². The van der Waals surface area contributed by atoms with Crippen molar-refractivity contribution < 1.29 is 4.42 Å². The molecule has 0 unspecified atom stereocenters. The Kier molecular flexibility index (Phi) is 7.47. The maximum Gasteiger partial charge on any atom is 0.238 e. The molecule has 1 aliphatic carbocycles. The van der Waals surface area contributed by atoms with Crippen LogP contribution in [0, 0.1) is 0 Å². The number of furan rings is 1. The van der Waals surface area contributed by atoms with Crippen LogP contribution in [0.3, 0.4) is 0 Å². The molecule has 0 aliphatic heterocycles. The lowest BCUT2D eigenvalue weighted by atomic mass is 9.82. The van der Waals surface area contributed by atoms with Crippen molar-refractivity contribution in [2.45, 2.75) is 19.3 Å². The van der Waals surface area contributed by atoms with Crippen LogP contribution in [-0.2, 0) is 5.41 Å². The van der Waals surface area contributed by atoms with Gasteiger partial charge in [-0.05, 0) is 89.0 Å². The Labute approximate surface area is 346 Å². The van der Waals surface area contributed by atoms with Crippen LogP contribution in [0.1, 0.15) is 25.0 Å². The highest BCUT2D eigenvalue weighted by atomic mass is 16.3. The molecule has 0 amide bonds. The van der Waals surface area contributed by atoms with Gasteiger partial charge in [-0.15, -0.1) is 0 Å². The Morgan fingerprint density at radius 1 is 0.483 bits per heavy atom. The molecule has 284 valence electrons. The predicted octanol–water partition coefficient (Wildman–Crippen LogP) is 14.0. The SMILES string of the molecule is CC1(C)c2ccccc2-c2ccc(N(c3nc(-c4ccccc4)nc(-c4ccc5c(c4)c4ccccc4n5-c4ccccc4)n3)c3cccc4oc5ccccc5c34)cc21. The van der Waals surface area contributed by atoms with E-state index in [9.17, 15) is 0 Å². The zero-order chi connectivity index (χ0) is 40.0. The Morgan fingerprint density at radius 2 is 1.15 bits per heavy atom. The van der Waals surface area contributed by atoms with Crippen molar-refractivity contribution in [1.82, 2.24) is 19.5 Å². The summed E-state index contributed by atoms with van der Waals surface area (Å²) in [7, 11) is 0.